The molecule has 0 aromatic carbocycles. The minimum atomic E-state index is -1.57. The van der Waals surface area contributed by atoms with Gasteiger partial charge in [0.15, 0.2) is 23.6 Å². The number of carboxylic acids is 2. The number of hydrogen-bond acceptors (Lipinski definition) is 13. The van der Waals surface area contributed by atoms with Gasteiger partial charge in [-0.25, -0.2) is 15.3 Å². The second-order valence-corrected chi connectivity index (χ2v) is 12.6. The number of carbonyl (C=O) groups is 5. The third-order valence-electron chi connectivity index (χ3n) is 6.92. The number of carboxylic acid groups (broad SMARTS) is 2. The fraction of sp³-hybridized carbons (Fsp3) is 0.308. The van der Waals surface area contributed by atoms with Crippen LogP contribution in [0.15, 0.2) is 47.0 Å². The van der Waals surface area contributed by atoms with Crippen LogP contribution in [0.25, 0.3) is 11.0 Å². The number of rotatable bonds is 12. The van der Waals surface area contributed by atoms with Gasteiger partial charge in [-0.2, -0.15) is 4.57 Å². The molecule has 0 bridgehead atoms. The Kier molecular flexibility index (Phi) is 9.47. The fourth-order valence-electron chi connectivity index (χ4n) is 4.83. The molecule has 2 aliphatic heterocycles. The number of nitrogen functional groups attached to an aromatic ring is 1. The normalized spacial score (nSPS) is 18.5. The molecule has 46 heavy (non-hydrogen) atoms. The van der Waals surface area contributed by atoms with Crippen LogP contribution in [0, 0.1) is 0 Å². The molecule has 3 atom stereocenters. The van der Waals surface area contributed by atoms with Crippen molar-refractivity contribution in [3.63, 3.8) is 0 Å². The molecular weight excluding hydrogens is 668 g/mol. The number of oxime groups is 1. The average molecular weight is 693 g/mol. The van der Waals surface area contributed by atoms with Gasteiger partial charge in [-0.3, -0.25) is 24.1 Å². The number of thioether (sulfide) groups is 1. The number of nitrogens with one attached hydrogen (secondary N) is 2. The van der Waals surface area contributed by atoms with E-state index >= 15 is 0 Å². The Morgan fingerprint density at radius 1 is 1.35 bits per heavy atom. The Balaban J connectivity index is 1.37. The molecule has 3 amide bonds. The maximum atomic E-state index is 13.3. The van der Waals surface area contributed by atoms with Crippen molar-refractivity contribution in [2.45, 2.75) is 37.5 Å². The van der Waals surface area contributed by atoms with Crippen LogP contribution in [-0.4, -0.2) is 85.3 Å². The number of halogens is 1. The Labute approximate surface area is 272 Å². The zero-order valence-electron chi connectivity index (χ0n) is 24.0. The van der Waals surface area contributed by atoms with E-state index in [1.54, 1.807) is 39.7 Å². The number of hydrogen-bond donors (Lipinski definition) is 4. The maximum Gasteiger partial charge on any atom is 0.347 e. The van der Waals surface area contributed by atoms with Crippen molar-refractivity contribution in [1.29, 1.82) is 0 Å². The van der Waals surface area contributed by atoms with E-state index in [1.807, 2.05) is 0 Å². The summed E-state index contributed by atoms with van der Waals surface area (Å²) in [7, 11) is 1.33. The van der Waals surface area contributed by atoms with Crippen LogP contribution < -0.4 is 26.2 Å². The first-order chi connectivity index (χ1) is 21.9. The molecule has 5 heterocycles. The summed E-state index contributed by atoms with van der Waals surface area (Å²) < 4.78 is 3.45. The molecule has 0 radical (unpaired) electrons. The number of fused-ring (bicyclic) bond motifs is 2. The van der Waals surface area contributed by atoms with Crippen molar-refractivity contribution < 1.29 is 48.4 Å². The first-order valence-electron chi connectivity index (χ1n) is 13.3. The van der Waals surface area contributed by atoms with Gasteiger partial charge in [0.05, 0.1) is 18.8 Å². The summed E-state index contributed by atoms with van der Waals surface area (Å²) in [5.41, 5.74) is 8.73. The van der Waals surface area contributed by atoms with E-state index in [4.69, 9.17) is 27.3 Å². The van der Waals surface area contributed by atoms with E-state index in [0.29, 0.717) is 16.6 Å². The number of nitrogens with zero attached hydrogens (tertiary/aromatic N) is 5. The van der Waals surface area contributed by atoms with Crippen LogP contribution in [0.3, 0.4) is 0 Å². The predicted molar refractivity (Wildman–Crippen MR) is 161 cm³/mol. The summed E-state index contributed by atoms with van der Waals surface area (Å²) in [4.78, 5) is 76.8. The lowest BCUT2D eigenvalue weighted by Crippen LogP contribution is -2.71. The van der Waals surface area contributed by atoms with Crippen LogP contribution >= 0.6 is 34.7 Å². The highest BCUT2D eigenvalue weighted by Crippen LogP contribution is 2.40. The standard InChI is InChI=1S/C26H25ClN8O9S2/c1-11(24(39)40)44-32-17(16-20(27)46-26(28)30-16)21(37)29-18-22(38)35-19(25(41)42)12(10-45-23(18)35)8-33-6-3-4-13-14(33)5-7-34(13)9-15(36)31-43-2/h3-7,11,18,23H,8-10H2,1-2H3,(H5-,28,29,30,31,36,37,39,40,41,42)/b32-17-/t11-,18+,23+/m0/s1. The van der Waals surface area contributed by atoms with Gasteiger partial charge in [0.1, 0.15) is 33.5 Å². The van der Waals surface area contributed by atoms with E-state index in [0.717, 1.165) is 16.2 Å². The molecule has 0 unspecified atom stereocenters. The molecule has 5 N–H and O–H groups in total. The lowest BCUT2D eigenvalue weighted by molar-refractivity contribution is -0.663. The minimum Gasteiger partial charge on any atom is -0.543 e. The van der Waals surface area contributed by atoms with Crippen molar-refractivity contribution in [1.82, 2.24) is 25.2 Å². The number of nitrogens with two attached hydrogens (primary N) is 1. The first-order valence-corrected chi connectivity index (χ1v) is 15.5. The summed E-state index contributed by atoms with van der Waals surface area (Å²) in [6.07, 6.45) is 2.02. The van der Waals surface area contributed by atoms with Crippen LogP contribution in [-0.2, 0) is 46.7 Å². The molecule has 0 spiro atoms. The van der Waals surface area contributed by atoms with Gasteiger partial charge in [0.25, 0.3) is 17.7 Å². The molecule has 242 valence electrons. The first kappa shape index (κ1) is 32.7. The quantitative estimate of drug-likeness (QED) is 0.0742. The number of anilines is 1. The van der Waals surface area contributed by atoms with Gasteiger partial charge in [0.2, 0.25) is 11.6 Å². The summed E-state index contributed by atoms with van der Waals surface area (Å²) in [5.74, 6) is -4.80. The number of aromatic nitrogens is 3. The molecule has 17 nitrogen and oxygen atoms in total. The monoisotopic (exact) mass is 692 g/mol. The highest BCUT2D eigenvalue weighted by molar-refractivity contribution is 8.00. The summed E-state index contributed by atoms with van der Waals surface area (Å²) in [5, 5.41) is 26.8. The number of amides is 3. The Morgan fingerprint density at radius 2 is 2.11 bits per heavy atom. The summed E-state index contributed by atoms with van der Waals surface area (Å²) in [6.45, 7) is 1.26. The summed E-state index contributed by atoms with van der Waals surface area (Å²) >= 11 is 8.22. The van der Waals surface area contributed by atoms with Crippen LogP contribution in [0.2, 0.25) is 4.34 Å². The average Bonchev–Trinajstić information content (AvgIpc) is 3.57. The van der Waals surface area contributed by atoms with Gasteiger partial charge < -0.3 is 35.5 Å². The SMILES string of the molecule is CONC(=O)Cn1ccc2c1ccc[n+]2CC1=C(C(=O)[O-])N2C(=O)[C@@H](NC(=O)/C(=N\O[C@@H](C)C(=O)O)c3nc(N)sc3Cl)[C@H]2SC1. The van der Waals surface area contributed by atoms with Crippen molar-refractivity contribution in [3.8, 4) is 0 Å². The molecule has 3 aromatic heterocycles. The zero-order chi connectivity index (χ0) is 33.3. The van der Waals surface area contributed by atoms with E-state index in [1.165, 1.54) is 25.8 Å². The largest absolute Gasteiger partial charge is 0.543 e. The van der Waals surface area contributed by atoms with E-state index < -0.39 is 47.0 Å². The Hall–Kier alpha value is -4.72. The van der Waals surface area contributed by atoms with Crippen molar-refractivity contribution in [3.05, 3.63) is 51.9 Å². The smallest absolute Gasteiger partial charge is 0.347 e. The van der Waals surface area contributed by atoms with Gasteiger partial charge in [-0.05, 0) is 13.0 Å². The lowest BCUT2D eigenvalue weighted by atomic mass is 10.0. The van der Waals surface area contributed by atoms with E-state index in [-0.39, 0.29) is 45.6 Å². The second kappa shape index (κ2) is 13.3. The highest BCUT2D eigenvalue weighted by atomic mass is 35.5. The molecular formula is C26H25ClN8O9S2. The molecule has 5 rings (SSSR count). The molecule has 2 aliphatic rings. The zero-order valence-corrected chi connectivity index (χ0v) is 26.4. The third-order valence-corrected chi connectivity index (χ3v) is 9.35. The van der Waals surface area contributed by atoms with Gasteiger partial charge in [-0.15, -0.1) is 11.8 Å². The molecule has 20 heteroatoms. The number of hydroxylamine groups is 1. The number of pyridine rings is 1. The van der Waals surface area contributed by atoms with E-state index in [9.17, 15) is 29.1 Å². The predicted octanol–water partition coefficient (Wildman–Crippen LogP) is -1.40. The highest BCUT2D eigenvalue weighted by Gasteiger charge is 2.53. The van der Waals surface area contributed by atoms with E-state index in [2.05, 4.69) is 25.8 Å². The van der Waals surface area contributed by atoms with Crippen molar-refractivity contribution in [2.75, 3.05) is 18.6 Å². The van der Waals surface area contributed by atoms with Crippen LogP contribution in [0.4, 0.5) is 5.13 Å². The molecule has 0 saturated carbocycles. The number of carbonyl (C=O) groups excluding carboxylic acids is 4. The Morgan fingerprint density at radius 3 is 2.76 bits per heavy atom. The summed E-state index contributed by atoms with van der Waals surface area (Å²) in [6, 6.07) is 4.15. The van der Waals surface area contributed by atoms with Crippen LogP contribution in [0.5, 0.6) is 0 Å². The minimum absolute atomic E-state index is 0.00139. The van der Waals surface area contributed by atoms with Gasteiger partial charge >= 0.3 is 5.97 Å². The third kappa shape index (κ3) is 6.34. The Bertz CT molecular complexity index is 1820. The maximum absolute atomic E-state index is 13.3. The molecule has 1 fully saturated rings. The molecule has 1 saturated heterocycles. The lowest BCUT2D eigenvalue weighted by Gasteiger charge is -2.50. The number of β-lactam (4-membered cyclic amide) rings is 1. The van der Waals surface area contributed by atoms with Crippen molar-refractivity contribution in [2.24, 2.45) is 5.16 Å². The second-order valence-electron chi connectivity index (χ2n) is 9.88. The number of thiazole rings is 1. The van der Waals surface area contributed by atoms with Gasteiger partial charge in [0, 0.05) is 29.7 Å². The van der Waals surface area contributed by atoms with Crippen LogP contribution in [0.1, 0.15) is 12.6 Å². The topological polar surface area (TPSA) is 234 Å². The van der Waals surface area contributed by atoms with Gasteiger partial charge in [-0.1, -0.05) is 28.1 Å². The van der Waals surface area contributed by atoms with Crippen molar-refractivity contribution >= 4 is 86.2 Å². The fourth-order valence-corrected chi connectivity index (χ4v) is 7.10. The number of aliphatic carboxylic acids is 2. The molecule has 3 aromatic rings. The molecule has 0 aliphatic carbocycles.